The van der Waals surface area contributed by atoms with Crippen molar-refractivity contribution in [3.05, 3.63) is 47.4 Å². The van der Waals surface area contributed by atoms with Gasteiger partial charge in [-0.25, -0.2) is 9.78 Å². The van der Waals surface area contributed by atoms with Gasteiger partial charge < -0.3 is 24.8 Å². The summed E-state index contributed by atoms with van der Waals surface area (Å²) >= 11 is 0. The van der Waals surface area contributed by atoms with Gasteiger partial charge in [-0.05, 0) is 37.6 Å². The van der Waals surface area contributed by atoms with E-state index < -0.39 is 5.97 Å². The van der Waals surface area contributed by atoms with Gasteiger partial charge in [0.1, 0.15) is 18.0 Å². The molecular formula is C20H24N4O4. The number of aromatic nitrogens is 2. The highest BCUT2D eigenvalue weighted by atomic mass is 16.6. The molecule has 2 fully saturated rings. The first-order chi connectivity index (χ1) is 13.5. The molecule has 4 rings (SSSR count). The number of anilines is 2. The summed E-state index contributed by atoms with van der Waals surface area (Å²) in [6.45, 7) is 5.97. The summed E-state index contributed by atoms with van der Waals surface area (Å²) in [7, 11) is 0. The number of hydrogen-bond acceptors (Lipinski definition) is 7. The van der Waals surface area contributed by atoms with Crippen LogP contribution in [-0.4, -0.2) is 65.6 Å². The third-order valence-electron chi connectivity index (χ3n) is 5.19. The van der Waals surface area contributed by atoms with E-state index in [-0.39, 0.29) is 23.8 Å². The van der Waals surface area contributed by atoms with Crippen LogP contribution in [-0.2, 0) is 9.47 Å². The lowest BCUT2D eigenvalue weighted by Gasteiger charge is -2.21. The van der Waals surface area contributed by atoms with E-state index in [0.717, 1.165) is 11.5 Å². The minimum atomic E-state index is -0.945. The van der Waals surface area contributed by atoms with Gasteiger partial charge in [-0.15, -0.1) is 0 Å². The highest BCUT2D eigenvalue weighted by Crippen LogP contribution is 2.27. The van der Waals surface area contributed by atoms with Gasteiger partial charge in [0.05, 0.1) is 36.2 Å². The summed E-state index contributed by atoms with van der Waals surface area (Å²) in [5, 5.41) is 12.7. The number of fused-ring (bicyclic) bond motifs is 1. The van der Waals surface area contributed by atoms with Crippen molar-refractivity contribution >= 4 is 17.5 Å². The van der Waals surface area contributed by atoms with E-state index in [9.17, 15) is 9.90 Å². The van der Waals surface area contributed by atoms with Crippen molar-refractivity contribution in [1.29, 1.82) is 0 Å². The highest BCUT2D eigenvalue weighted by molar-refractivity contribution is 5.90. The lowest BCUT2D eigenvalue weighted by Crippen LogP contribution is -2.31. The van der Waals surface area contributed by atoms with Gasteiger partial charge in [0.2, 0.25) is 0 Å². The number of hydrogen-bond donors (Lipinski definition) is 2. The minimum absolute atomic E-state index is 0.0396. The molecule has 28 heavy (non-hydrogen) atoms. The van der Waals surface area contributed by atoms with Gasteiger partial charge in [0.25, 0.3) is 0 Å². The standard InChI is InChI=1S/C20H24N4O4/c1-12-6-18(22-13(2)19(12)20(25)26)24-8-16-17(9-24)28-11-15(10-27-16)23-14-4-3-5-21-7-14/h3-7,15-17,23H,8-11H2,1-2H3,(H,25,26)/t16-,17-/m0/s1. The Morgan fingerprint density at radius 3 is 2.54 bits per heavy atom. The molecule has 0 saturated carbocycles. The van der Waals surface area contributed by atoms with E-state index in [4.69, 9.17) is 9.47 Å². The molecule has 0 bridgehead atoms. The van der Waals surface area contributed by atoms with Gasteiger partial charge in [-0.1, -0.05) is 0 Å². The zero-order valence-corrected chi connectivity index (χ0v) is 16.0. The predicted molar refractivity (Wildman–Crippen MR) is 104 cm³/mol. The first-order valence-electron chi connectivity index (χ1n) is 9.37. The normalized spacial score (nSPS) is 22.6. The lowest BCUT2D eigenvalue weighted by atomic mass is 10.1. The molecule has 2 N–H and O–H groups in total. The summed E-state index contributed by atoms with van der Waals surface area (Å²) in [4.78, 5) is 22.1. The lowest BCUT2D eigenvalue weighted by molar-refractivity contribution is -0.00461. The van der Waals surface area contributed by atoms with Crippen molar-refractivity contribution in [3.8, 4) is 0 Å². The molecule has 148 valence electrons. The second kappa shape index (κ2) is 7.73. The zero-order valence-electron chi connectivity index (χ0n) is 16.0. The monoisotopic (exact) mass is 384 g/mol. The molecule has 8 heteroatoms. The van der Waals surface area contributed by atoms with Crippen molar-refractivity contribution in [3.63, 3.8) is 0 Å². The molecule has 0 radical (unpaired) electrons. The van der Waals surface area contributed by atoms with E-state index >= 15 is 0 Å². The average molecular weight is 384 g/mol. The number of rotatable bonds is 4. The number of nitrogens with zero attached hydrogens (tertiary/aromatic N) is 3. The Morgan fingerprint density at radius 1 is 1.25 bits per heavy atom. The van der Waals surface area contributed by atoms with E-state index in [1.54, 1.807) is 26.2 Å². The summed E-state index contributed by atoms with van der Waals surface area (Å²) < 4.78 is 12.2. The number of ether oxygens (including phenoxy) is 2. The van der Waals surface area contributed by atoms with E-state index in [1.165, 1.54) is 0 Å². The Labute approximate surface area is 163 Å². The van der Waals surface area contributed by atoms with Crippen LogP contribution >= 0.6 is 0 Å². The number of carbonyl (C=O) groups is 1. The zero-order chi connectivity index (χ0) is 19.7. The molecule has 0 unspecified atom stereocenters. The van der Waals surface area contributed by atoms with Crippen LogP contribution in [0.1, 0.15) is 21.6 Å². The molecule has 2 aliphatic heterocycles. The molecule has 0 spiro atoms. The molecule has 0 aromatic carbocycles. The number of carboxylic acids is 1. The largest absolute Gasteiger partial charge is 0.478 e. The Morgan fingerprint density at radius 2 is 1.96 bits per heavy atom. The number of nitrogens with one attached hydrogen (secondary N) is 1. The topological polar surface area (TPSA) is 96.8 Å². The van der Waals surface area contributed by atoms with Crippen molar-refractivity contribution in [2.24, 2.45) is 0 Å². The van der Waals surface area contributed by atoms with Gasteiger partial charge in [-0.2, -0.15) is 0 Å². The van der Waals surface area contributed by atoms with Crippen LogP contribution in [0.5, 0.6) is 0 Å². The van der Waals surface area contributed by atoms with E-state index in [0.29, 0.717) is 37.6 Å². The molecule has 2 aromatic rings. The second-order valence-electron chi connectivity index (χ2n) is 7.29. The molecule has 0 amide bonds. The van der Waals surface area contributed by atoms with Crippen LogP contribution < -0.4 is 10.2 Å². The fourth-order valence-corrected chi connectivity index (χ4v) is 3.84. The van der Waals surface area contributed by atoms with Gasteiger partial charge in [0.15, 0.2) is 0 Å². The molecule has 2 aliphatic rings. The van der Waals surface area contributed by atoms with Crippen LogP contribution in [0.4, 0.5) is 11.5 Å². The molecule has 2 saturated heterocycles. The Balaban J connectivity index is 1.41. The molecule has 4 heterocycles. The number of carboxylic acid groups (broad SMARTS) is 1. The van der Waals surface area contributed by atoms with Crippen LogP contribution in [0.3, 0.4) is 0 Å². The quantitative estimate of drug-likeness (QED) is 0.825. The summed E-state index contributed by atoms with van der Waals surface area (Å²) in [5.41, 5.74) is 2.46. The number of aryl methyl sites for hydroxylation is 2. The van der Waals surface area contributed by atoms with Crippen LogP contribution in [0.2, 0.25) is 0 Å². The van der Waals surface area contributed by atoms with Crippen molar-refractivity contribution in [2.75, 3.05) is 36.5 Å². The molecular weight excluding hydrogens is 360 g/mol. The maximum Gasteiger partial charge on any atom is 0.337 e. The van der Waals surface area contributed by atoms with Gasteiger partial charge in [-0.3, -0.25) is 4.98 Å². The van der Waals surface area contributed by atoms with Gasteiger partial charge >= 0.3 is 5.97 Å². The fourth-order valence-electron chi connectivity index (χ4n) is 3.84. The summed E-state index contributed by atoms with van der Waals surface area (Å²) in [5.74, 6) is -0.176. The third-order valence-corrected chi connectivity index (χ3v) is 5.19. The highest BCUT2D eigenvalue weighted by Gasteiger charge is 2.38. The summed E-state index contributed by atoms with van der Waals surface area (Å²) in [6.07, 6.45) is 3.44. The maximum absolute atomic E-state index is 11.4. The molecule has 8 nitrogen and oxygen atoms in total. The van der Waals surface area contributed by atoms with E-state index in [2.05, 4.69) is 20.2 Å². The molecule has 2 aromatic heterocycles. The van der Waals surface area contributed by atoms with Crippen LogP contribution in [0.15, 0.2) is 30.6 Å². The third kappa shape index (κ3) is 3.79. The Kier molecular flexibility index (Phi) is 5.15. The molecule has 0 aliphatic carbocycles. The minimum Gasteiger partial charge on any atom is -0.478 e. The maximum atomic E-state index is 11.4. The Hall–Kier alpha value is -2.71. The molecule has 2 atom stereocenters. The predicted octanol–water partition coefficient (Wildman–Crippen LogP) is 1.88. The second-order valence-corrected chi connectivity index (χ2v) is 7.29. The fraction of sp³-hybridized carbons (Fsp3) is 0.450. The number of pyridine rings is 2. The average Bonchev–Trinajstić information content (AvgIpc) is 2.98. The van der Waals surface area contributed by atoms with Crippen molar-refractivity contribution < 1.29 is 19.4 Å². The first-order valence-corrected chi connectivity index (χ1v) is 9.37. The first kappa shape index (κ1) is 18.6. The Bertz CT molecular complexity index is 822. The summed E-state index contributed by atoms with van der Waals surface area (Å²) in [6, 6.07) is 5.76. The van der Waals surface area contributed by atoms with E-state index in [1.807, 2.05) is 18.2 Å². The van der Waals surface area contributed by atoms with Gasteiger partial charge in [0, 0.05) is 25.5 Å². The van der Waals surface area contributed by atoms with Crippen molar-refractivity contribution in [2.45, 2.75) is 32.1 Å². The smallest absolute Gasteiger partial charge is 0.337 e. The SMILES string of the molecule is Cc1cc(N2C[C@@H]3OCC(Nc4cccnc4)CO[C@H]3C2)nc(C)c1C(=O)O. The van der Waals surface area contributed by atoms with Crippen LogP contribution in [0.25, 0.3) is 0 Å². The van der Waals surface area contributed by atoms with Crippen molar-refractivity contribution in [1.82, 2.24) is 9.97 Å². The number of aromatic carboxylic acids is 1. The van der Waals surface area contributed by atoms with Crippen LogP contribution in [0, 0.1) is 13.8 Å².